The Morgan fingerprint density at radius 3 is 2.30 bits per heavy atom. The average molecular weight is 267 g/mol. The maximum Gasteiger partial charge on any atom is 0.253 e. The van der Waals surface area contributed by atoms with Gasteiger partial charge in [0.15, 0.2) is 0 Å². The van der Waals surface area contributed by atoms with Crippen molar-refractivity contribution in [2.45, 2.75) is 19.8 Å². The molecule has 0 unspecified atom stereocenters. The van der Waals surface area contributed by atoms with Gasteiger partial charge in [0, 0.05) is 24.2 Å². The molecule has 4 heteroatoms. The molecule has 0 saturated carbocycles. The number of aromatic nitrogens is 2. The van der Waals surface area contributed by atoms with Gasteiger partial charge in [0.2, 0.25) is 0 Å². The van der Waals surface area contributed by atoms with E-state index >= 15 is 0 Å². The fourth-order valence-corrected chi connectivity index (χ4v) is 2.44. The Labute approximate surface area is 118 Å². The van der Waals surface area contributed by atoms with Crippen LogP contribution in [0.4, 0.5) is 0 Å². The first-order valence-electron chi connectivity index (χ1n) is 6.94. The summed E-state index contributed by atoms with van der Waals surface area (Å²) in [7, 11) is 0. The van der Waals surface area contributed by atoms with E-state index in [1.54, 1.807) is 0 Å². The molecular weight excluding hydrogens is 250 g/mol. The van der Waals surface area contributed by atoms with Gasteiger partial charge in [0.1, 0.15) is 0 Å². The van der Waals surface area contributed by atoms with Crippen LogP contribution in [-0.4, -0.2) is 34.1 Å². The highest BCUT2D eigenvalue weighted by atomic mass is 16.2. The van der Waals surface area contributed by atoms with E-state index in [0.29, 0.717) is 0 Å². The zero-order chi connectivity index (χ0) is 13.9. The summed E-state index contributed by atoms with van der Waals surface area (Å²) in [6, 6.07) is 11.5. The maximum atomic E-state index is 12.2. The Hall–Kier alpha value is -2.23. The number of nitrogens with zero attached hydrogens (tertiary/aromatic N) is 3. The molecule has 4 nitrogen and oxygen atoms in total. The van der Waals surface area contributed by atoms with Gasteiger partial charge in [0.25, 0.3) is 5.91 Å². The molecule has 3 rings (SSSR count). The van der Waals surface area contributed by atoms with Crippen LogP contribution in [0, 0.1) is 6.92 Å². The van der Waals surface area contributed by atoms with Gasteiger partial charge < -0.3 is 4.90 Å². The topological polar surface area (TPSA) is 46.1 Å². The molecule has 0 aliphatic carbocycles. The van der Waals surface area contributed by atoms with Gasteiger partial charge in [0.05, 0.1) is 11.4 Å². The molecule has 1 aliphatic rings. The van der Waals surface area contributed by atoms with Crippen LogP contribution in [0.5, 0.6) is 0 Å². The van der Waals surface area contributed by atoms with Gasteiger partial charge in [-0.25, -0.2) is 0 Å². The average Bonchev–Trinajstić information content (AvgIpc) is 3.02. The van der Waals surface area contributed by atoms with Gasteiger partial charge in [-0.1, -0.05) is 12.1 Å². The Bertz CT molecular complexity index is 599. The number of carbonyl (C=O) groups is 1. The first-order valence-corrected chi connectivity index (χ1v) is 6.94. The van der Waals surface area contributed by atoms with Gasteiger partial charge in [-0.15, -0.1) is 0 Å². The number of amides is 1. The second kappa shape index (κ2) is 5.41. The Kier molecular flexibility index (Phi) is 3.46. The van der Waals surface area contributed by atoms with Crippen molar-refractivity contribution in [1.29, 1.82) is 0 Å². The second-order valence-electron chi connectivity index (χ2n) is 5.14. The summed E-state index contributed by atoms with van der Waals surface area (Å²) in [4.78, 5) is 14.2. The smallest absolute Gasteiger partial charge is 0.253 e. The summed E-state index contributed by atoms with van der Waals surface area (Å²) >= 11 is 0. The van der Waals surface area contributed by atoms with Crippen molar-refractivity contribution in [3.8, 4) is 11.3 Å². The number of aryl methyl sites for hydroxylation is 1. The van der Waals surface area contributed by atoms with Gasteiger partial charge in [-0.3, -0.25) is 4.79 Å². The molecule has 0 spiro atoms. The van der Waals surface area contributed by atoms with E-state index < -0.39 is 0 Å². The van der Waals surface area contributed by atoms with E-state index in [4.69, 9.17) is 0 Å². The molecule has 20 heavy (non-hydrogen) atoms. The molecule has 2 heterocycles. The molecule has 0 atom stereocenters. The lowest BCUT2D eigenvalue weighted by atomic mass is 10.1. The normalized spacial score (nSPS) is 14.6. The monoisotopic (exact) mass is 267 g/mol. The summed E-state index contributed by atoms with van der Waals surface area (Å²) in [6.45, 7) is 3.67. The van der Waals surface area contributed by atoms with Crippen LogP contribution in [0.25, 0.3) is 11.3 Å². The van der Waals surface area contributed by atoms with Crippen LogP contribution in [0.1, 0.15) is 28.9 Å². The summed E-state index contributed by atoms with van der Waals surface area (Å²) < 4.78 is 0. The molecule has 0 radical (unpaired) electrons. The second-order valence-corrected chi connectivity index (χ2v) is 5.14. The highest BCUT2D eigenvalue weighted by Gasteiger charge is 2.19. The largest absolute Gasteiger partial charge is 0.339 e. The zero-order valence-corrected chi connectivity index (χ0v) is 11.5. The minimum absolute atomic E-state index is 0.129. The number of benzene rings is 1. The quantitative estimate of drug-likeness (QED) is 0.840. The predicted molar refractivity (Wildman–Crippen MR) is 77.3 cm³/mol. The number of carbonyl (C=O) groups excluding carboxylic acids is 1. The molecule has 1 amide bonds. The van der Waals surface area contributed by atoms with Crippen LogP contribution in [-0.2, 0) is 0 Å². The van der Waals surface area contributed by atoms with Crippen molar-refractivity contribution >= 4 is 5.91 Å². The van der Waals surface area contributed by atoms with Crippen LogP contribution in [0.2, 0.25) is 0 Å². The Morgan fingerprint density at radius 1 is 1.00 bits per heavy atom. The fourth-order valence-electron chi connectivity index (χ4n) is 2.44. The fraction of sp³-hybridized carbons (Fsp3) is 0.312. The third-order valence-electron chi connectivity index (χ3n) is 3.62. The molecule has 1 fully saturated rings. The first-order chi connectivity index (χ1) is 9.74. The van der Waals surface area contributed by atoms with Crippen molar-refractivity contribution in [3.63, 3.8) is 0 Å². The molecule has 0 N–H and O–H groups in total. The van der Waals surface area contributed by atoms with Gasteiger partial charge >= 0.3 is 0 Å². The maximum absolute atomic E-state index is 12.2. The van der Waals surface area contributed by atoms with Gasteiger partial charge in [-0.05, 0) is 44.0 Å². The summed E-state index contributed by atoms with van der Waals surface area (Å²) in [5, 5.41) is 8.21. The summed E-state index contributed by atoms with van der Waals surface area (Å²) in [5.74, 6) is 0.129. The first kappa shape index (κ1) is 12.8. The van der Waals surface area contributed by atoms with Crippen LogP contribution in [0.3, 0.4) is 0 Å². The molecule has 1 aromatic heterocycles. The van der Waals surface area contributed by atoms with E-state index in [2.05, 4.69) is 10.2 Å². The van der Waals surface area contributed by atoms with Crippen molar-refractivity contribution in [1.82, 2.24) is 15.1 Å². The summed E-state index contributed by atoms with van der Waals surface area (Å²) in [5.41, 5.74) is 3.46. The number of rotatable bonds is 2. The van der Waals surface area contributed by atoms with E-state index in [1.165, 1.54) is 0 Å². The highest BCUT2D eigenvalue weighted by molar-refractivity contribution is 5.94. The predicted octanol–water partition coefficient (Wildman–Crippen LogP) is 2.69. The standard InChI is InChI=1S/C16H17N3O/c1-12-4-9-15(18-17-12)13-5-7-14(8-6-13)16(20)19-10-2-3-11-19/h4-9H,2-3,10-11H2,1H3. The third kappa shape index (κ3) is 2.54. The molecule has 102 valence electrons. The SMILES string of the molecule is Cc1ccc(-c2ccc(C(=O)N3CCCC3)cc2)nn1. The molecule has 1 aromatic carbocycles. The van der Waals surface area contributed by atoms with Crippen molar-refractivity contribution in [3.05, 3.63) is 47.7 Å². The molecule has 2 aromatic rings. The third-order valence-corrected chi connectivity index (χ3v) is 3.62. The highest BCUT2D eigenvalue weighted by Crippen LogP contribution is 2.19. The van der Waals surface area contributed by atoms with Crippen molar-refractivity contribution in [2.75, 3.05) is 13.1 Å². The van der Waals surface area contributed by atoms with Crippen molar-refractivity contribution in [2.24, 2.45) is 0 Å². The Balaban J connectivity index is 1.80. The van der Waals surface area contributed by atoms with E-state index in [0.717, 1.165) is 48.4 Å². The van der Waals surface area contributed by atoms with Crippen LogP contribution >= 0.6 is 0 Å². The minimum Gasteiger partial charge on any atom is -0.339 e. The lowest BCUT2D eigenvalue weighted by molar-refractivity contribution is 0.0793. The van der Waals surface area contributed by atoms with Crippen LogP contribution < -0.4 is 0 Å². The number of likely N-dealkylation sites (tertiary alicyclic amines) is 1. The molecule has 0 bridgehead atoms. The molecule has 1 aliphatic heterocycles. The number of hydrogen-bond donors (Lipinski definition) is 0. The Morgan fingerprint density at radius 2 is 1.70 bits per heavy atom. The van der Waals surface area contributed by atoms with E-state index in [-0.39, 0.29) is 5.91 Å². The zero-order valence-electron chi connectivity index (χ0n) is 11.5. The van der Waals surface area contributed by atoms with Crippen molar-refractivity contribution < 1.29 is 4.79 Å². The van der Waals surface area contributed by atoms with Crippen LogP contribution in [0.15, 0.2) is 36.4 Å². The molecular formula is C16H17N3O. The van der Waals surface area contributed by atoms with E-state index in [9.17, 15) is 4.79 Å². The molecule has 1 saturated heterocycles. The van der Waals surface area contributed by atoms with Gasteiger partial charge in [-0.2, -0.15) is 10.2 Å². The lowest BCUT2D eigenvalue weighted by Crippen LogP contribution is -2.27. The minimum atomic E-state index is 0.129. The van der Waals surface area contributed by atoms with E-state index in [1.807, 2.05) is 48.2 Å². The number of hydrogen-bond acceptors (Lipinski definition) is 3. The summed E-state index contributed by atoms with van der Waals surface area (Å²) in [6.07, 6.45) is 2.23. The lowest BCUT2D eigenvalue weighted by Gasteiger charge is -2.15.